The highest BCUT2D eigenvalue weighted by Gasteiger charge is 2.28. The number of carbonyl (C=O) groups excluding carboxylic acids is 1. The van der Waals surface area contributed by atoms with E-state index in [1.54, 1.807) is 18.2 Å². The molecule has 3 rings (SSSR count). The van der Waals surface area contributed by atoms with Crippen LogP contribution in [0.1, 0.15) is 11.5 Å². The molecule has 0 fully saturated rings. The molecule has 0 bridgehead atoms. The number of benzene rings is 2. The molecule has 5 heteroatoms. The number of halogens is 2. The fraction of sp³-hybridized carbons (Fsp3) is 0.133. The lowest BCUT2D eigenvalue weighted by molar-refractivity contribution is -0.117. The standard InChI is InChI=1S/C15H12Cl2N2O/c16-9-5-10(17)7-11(6-9)19-15(20)13-8-18-14-4-2-1-3-12(13)14/h1-7,13,18H,8H2,(H,19,20). The quantitative estimate of drug-likeness (QED) is 0.875. The highest BCUT2D eigenvalue weighted by Crippen LogP contribution is 2.32. The second-order valence-electron chi connectivity index (χ2n) is 4.67. The molecule has 3 nitrogen and oxygen atoms in total. The average Bonchev–Trinajstić information content (AvgIpc) is 2.81. The zero-order chi connectivity index (χ0) is 14.1. The Morgan fingerprint density at radius 1 is 1.15 bits per heavy atom. The molecular formula is C15H12Cl2N2O. The maximum atomic E-state index is 12.4. The monoisotopic (exact) mass is 306 g/mol. The molecule has 0 spiro atoms. The van der Waals surface area contributed by atoms with Crippen LogP contribution in [0.15, 0.2) is 42.5 Å². The maximum Gasteiger partial charge on any atom is 0.233 e. The van der Waals surface area contributed by atoms with Crippen LogP contribution in [0.2, 0.25) is 10.0 Å². The fourth-order valence-electron chi connectivity index (χ4n) is 2.37. The molecule has 102 valence electrons. The molecule has 0 aliphatic carbocycles. The number of nitrogens with one attached hydrogen (secondary N) is 2. The molecule has 1 atom stereocenters. The van der Waals surface area contributed by atoms with Crippen LogP contribution in [0, 0.1) is 0 Å². The normalized spacial score (nSPS) is 16.4. The van der Waals surface area contributed by atoms with E-state index in [0.29, 0.717) is 22.3 Å². The van der Waals surface area contributed by atoms with E-state index in [1.807, 2.05) is 24.3 Å². The average molecular weight is 307 g/mol. The van der Waals surface area contributed by atoms with Crippen LogP contribution in [-0.4, -0.2) is 12.5 Å². The first-order chi connectivity index (χ1) is 9.63. The largest absolute Gasteiger partial charge is 0.384 e. The highest BCUT2D eigenvalue weighted by molar-refractivity contribution is 6.35. The lowest BCUT2D eigenvalue weighted by atomic mass is 10.0. The van der Waals surface area contributed by atoms with Gasteiger partial charge in [-0.3, -0.25) is 4.79 Å². The molecule has 1 unspecified atom stereocenters. The molecule has 0 radical (unpaired) electrons. The van der Waals surface area contributed by atoms with E-state index in [2.05, 4.69) is 10.6 Å². The number of fused-ring (bicyclic) bond motifs is 1. The summed E-state index contributed by atoms with van der Waals surface area (Å²) in [6.07, 6.45) is 0. The summed E-state index contributed by atoms with van der Waals surface area (Å²) in [6, 6.07) is 12.8. The minimum Gasteiger partial charge on any atom is -0.384 e. The SMILES string of the molecule is O=C(Nc1cc(Cl)cc(Cl)c1)C1CNc2ccccc21. The van der Waals surface area contributed by atoms with Crippen molar-refractivity contribution in [3.63, 3.8) is 0 Å². The van der Waals surface area contributed by atoms with E-state index in [-0.39, 0.29) is 11.8 Å². The van der Waals surface area contributed by atoms with Crippen molar-refractivity contribution in [2.24, 2.45) is 0 Å². The summed E-state index contributed by atoms with van der Waals surface area (Å²) in [5, 5.41) is 7.08. The van der Waals surface area contributed by atoms with Crippen molar-refractivity contribution in [3.8, 4) is 0 Å². The first-order valence-corrected chi connectivity index (χ1v) is 6.99. The van der Waals surface area contributed by atoms with E-state index >= 15 is 0 Å². The number of amides is 1. The van der Waals surface area contributed by atoms with E-state index in [4.69, 9.17) is 23.2 Å². The predicted octanol–water partition coefficient (Wildman–Crippen LogP) is 4.14. The Morgan fingerprint density at radius 3 is 2.60 bits per heavy atom. The van der Waals surface area contributed by atoms with Gasteiger partial charge in [0.25, 0.3) is 0 Å². The molecule has 0 aromatic heterocycles. The van der Waals surface area contributed by atoms with Crippen LogP contribution >= 0.6 is 23.2 Å². The number of anilines is 2. The molecule has 1 heterocycles. The minimum absolute atomic E-state index is 0.0687. The topological polar surface area (TPSA) is 41.1 Å². The van der Waals surface area contributed by atoms with Gasteiger partial charge in [-0.25, -0.2) is 0 Å². The Balaban J connectivity index is 1.81. The molecule has 20 heavy (non-hydrogen) atoms. The first-order valence-electron chi connectivity index (χ1n) is 6.23. The summed E-state index contributed by atoms with van der Waals surface area (Å²) in [5.41, 5.74) is 2.63. The Kier molecular flexibility index (Phi) is 3.55. The van der Waals surface area contributed by atoms with Gasteiger partial charge in [0, 0.05) is 28.0 Å². The van der Waals surface area contributed by atoms with Crippen molar-refractivity contribution in [1.29, 1.82) is 0 Å². The second kappa shape index (κ2) is 5.35. The number of hydrogen-bond acceptors (Lipinski definition) is 2. The summed E-state index contributed by atoms with van der Waals surface area (Å²) in [4.78, 5) is 12.4. The van der Waals surface area contributed by atoms with Gasteiger partial charge >= 0.3 is 0 Å². The van der Waals surface area contributed by atoms with Crippen molar-refractivity contribution in [1.82, 2.24) is 0 Å². The van der Waals surface area contributed by atoms with Gasteiger partial charge in [-0.05, 0) is 29.8 Å². The van der Waals surface area contributed by atoms with E-state index in [0.717, 1.165) is 11.3 Å². The summed E-state index contributed by atoms with van der Waals surface area (Å²) in [5.74, 6) is -0.273. The molecule has 2 aromatic carbocycles. The van der Waals surface area contributed by atoms with E-state index < -0.39 is 0 Å². The Labute approximate surface area is 126 Å². The lowest BCUT2D eigenvalue weighted by Gasteiger charge is -2.11. The molecule has 1 aliphatic heterocycles. The minimum atomic E-state index is -0.205. The van der Waals surface area contributed by atoms with Gasteiger partial charge in [0.15, 0.2) is 0 Å². The molecule has 0 saturated heterocycles. The van der Waals surface area contributed by atoms with Crippen LogP contribution in [0.4, 0.5) is 11.4 Å². The van der Waals surface area contributed by atoms with Crippen LogP contribution in [-0.2, 0) is 4.79 Å². The zero-order valence-corrected chi connectivity index (χ0v) is 12.0. The van der Waals surface area contributed by atoms with Crippen molar-refractivity contribution >= 4 is 40.5 Å². The van der Waals surface area contributed by atoms with Crippen LogP contribution in [0.25, 0.3) is 0 Å². The molecule has 1 amide bonds. The number of para-hydroxylation sites is 1. The van der Waals surface area contributed by atoms with E-state index in [9.17, 15) is 4.79 Å². The van der Waals surface area contributed by atoms with Gasteiger partial charge in [0.2, 0.25) is 5.91 Å². The van der Waals surface area contributed by atoms with Gasteiger partial charge in [0.1, 0.15) is 0 Å². The fourth-order valence-corrected chi connectivity index (χ4v) is 2.90. The first kappa shape index (κ1) is 13.3. The lowest BCUT2D eigenvalue weighted by Crippen LogP contribution is -2.22. The van der Waals surface area contributed by atoms with Crippen LogP contribution in [0.3, 0.4) is 0 Å². The number of rotatable bonds is 2. The Bertz CT molecular complexity index is 652. The van der Waals surface area contributed by atoms with Crippen molar-refractivity contribution in [2.75, 3.05) is 17.2 Å². The van der Waals surface area contributed by atoms with Crippen LogP contribution in [0.5, 0.6) is 0 Å². The summed E-state index contributed by atoms with van der Waals surface area (Å²) in [6.45, 7) is 0.597. The summed E-state index contributed by atoms with van der Waals surface area (Å²) < 4.78 is 0. The van der Waals surface area contributed by atoms with Gasteiger partial charge in [-0.1, -0.05) is 41.4 Å². The van der Waals surface area contributed by atoms with Crippen LogP contribution < -0.4 is 10.6 Å². The van der Waals surface area contributed by atoms with Crippen molar-refractivity contribution in [2.45, 2.75) is 5.92 Å². The highest BCUT2D eigenvalue weighted by atomic mass is 35.5. The van der Waals surface area contributed by atoms with Gasteiger partial charge in [-0.15, -0.1) is 0 Å². The predicted molar refractivity (Wildman–Crippen MR) is 82.8 cm³/mol. The van der Waals surface area contributed by atoms with Gasteiger partial charge in [0.05, 0.1) is 5.92 Å². The summed E-state index contributed by atoms with van der Waals surface area (Å²) in [7, 11) is 0. The third-order valence-corrected chi connectivity index (χ3v) is 3.72. The molecule has 1 aliphatic rings. The number of carbonyl (C=O) groups is 1. The second-order valence-corrected chi connectivity index (χ2v) is 5.54. The Hall–Kier alpha value is -1.71. The smallest absolute Gasteiger partial charge is 0.233 e. The van der Waals surface area contributed by atoms with Gasteiger partial charge in [-0.2, -0.15) is 0 Å². The number of hydrogen-bond donors (Lipinski definition) is 2. The zero-order valence-electron chi connectivity index (χ0n) is 10.5. The van der Waals surface area contributed by atoms with Crippen molar-refractivity contribution < 1.29 is 4.79 Å². The Morgan fingerprint density at radius 2 is 1.85 bits per heavy atom. The van der Waals surface area contributed by atoms with Crippen molar-refractivity contribution in [3.05, 3.63) is 58.1 Å². The molecule has 0 saturated carbocycles. The molecule has 2 N–H and O–H groups in total. The van der Waals surface area contributed by atoms with E-state index in [1.165, 1.54) is 0 Å². The molecule has 2 aromatic rings. The third kappa shape index (κ3) is 2.60. The maximum absolute atomic E-state index is 12.4. The third-order valence-electron chi connectivity index (χ3n) is 3.28. The molecular weight excluding hydrogens is 295 g/mol. The van der Waals surface area contributed by atoms with Gasteiger partial charge < -0.3 is 10.6 Å². The summed E-state index contributed by atoms with van der Waals surface area (Å²) >= 11 is 11.9.